The van der Waals surface area contributed by atoms with Crippen LogP contribution in [0.15, 0.2) is 51.8 Å². The highest BCUT2D eigenvalue weighted by Gasteiger charge is 2.22. The molecule has 0 aliphatic rings. The summed E-state index contributed by atoms with van der Waals surface area (Å²) >= 11 is 3.29. The molecule has 0 spiro atoms. The Balaban J connectivity index is 1.96. The maximum atomic E-state index is 12.0. The highest BCUT2D eigenvalue weighted by molar-refractivity contribution is 9.10. The first-order valence-corrected chi connectivity index (χ1v) is 10.1. The number of hydrogen-bond acceptors (Lipinski definition) is 6. The lowest BCUT2D eigenvalue weighted by Gasteiger charge is -2.09. The largest absolute Gasteiger partial charge is 0.383 e. The van der Waals surface area contributed by atoms with E-state index in [0.717, 1.165) is 16.8 Å². The van der Waals surface area contributed by atoms with Crippen LogP contribution in [0.4, 0.5) is 11.4 Å². The molecule has 26 heavy (non-hydrogen) atoms. The second-order valence-corrected chi connectivity index (χ2v) is 8.30. The minimum Gasteiger partial charge on any atom is -0.383 e. The highest BCUT2D eigenvalue weighted by Crippen LogP contribution is 2.26. The third kappa shape index (κ3) is 5.27. The maximum Gasteiger partial charge on any atom is 0.288 e. The molecule has 138 valence electrons. The van der Waals surface area contributed by atoms with Crippen LogP contribution in [0.5, 0.6) is 0 Å². The van der Waals surface area contributed by atoms with Crippen molar-refractivity contribution in [1.82, 2.24) is 5.32 Å². The van der Waals surface area contributed by atoms with E-state index in [1.54, 1.807) is 24.3 Å². The molecule has 0 bridgehead atoms. The molecule has 2 rings (SSSR count). The molecule has 0 radical (unpaired) electrons. The quantitative estimate of drug-likeness (QED) is 0.387. The standard InChI is InChI=1S/C16H16BrN3O5S/c1-26(24,25)15-10-13(6-7-14(15)20(22)23)18-8-9-19-16(21)11-2-4-12(17)5-3-11/h2-7,10,18H,8-9H2,1H3,(H,19,21). The highest BCUT2D eigenvalue weighted by atomic mass is 79.9. The summed E-state index contributed by atoms with van der Waals surface area (Å²) < 4.78 is 24.3. The van der Waals surface area contributed by atoms with Gasteiger partial charge in [-0.2, -0.15) is 0 Å². The van der Waals surface area contributed by atoms with Crippen LogP contribution < -0.4 is 10.6 Å². The summed E-state index contributed by atoms with van der Waals surface area (Å²) in [4.78, 5) is 21.8. The normalized spacial score (nSPS) is 11.0. The van der Waals surface area contributed by atoms with Gasteiger partial charge in [0.15, 0.2) is 9.84 Å². The molecule has 0 unspecified atom stereocenters. The Labute approximate surface area is 158 Å². The summed E-state index contributed by atoms with van der Waals surface area (Å²) in [5.41, 5.74) is 0.457. The van der Waals surface area contributed by atoms with Crippen molar-refractivity contribution in [2.24, 2.45) is 0 Å². The van der Waals surface area contributed by atoms with E-state index >= 15 is 0 Å². The van der Waals surface area contributed by atoms with Gasteiger partial charge in [0.2, 0.25) is 0 Å². The van der Waals surface area contributed by atoms with Crippen molar-refractivity contribution in [2.75, 3.05) is 24.7 Å². The molecular weight excluding hydrogens is 426 g/mol. The van der Waals surface area contributed by atoms with E-state index in [-0.39, 0.29) is 10.8 Å². The third-order valence-corrected chi connectivity index (χ3v) is 5.06. The molecule has 0 heterocycles. The molecule has 0 aliphatic heterocycles. The van der Waals surface area contributed by atoms with E-state index in [1.807, 2.05) is 0 Å². The van der Waals surface area contributed by atoms with Crippen molar-refractivity contribution in [3.63, 3.8) is 0 Å². The minimum absolute atomic E-state index is 0.236. The predicted molar refractivity (Wildman–Crippen MR) is 101 cm³/mol. The number of benzene rings is 2. The van der Waals surface area contributed by atoms with Gasteiger partial charge in [-0.15, -0.1) is 0 Å². The molecule has 2 aromatic rings. The van der Waals surface area contributed by atoms with Gasteiger partial charge in [0.25, 0.3) is 11.6 Å². The molecule has 2 N–H and O–H groups in total. The number of nitrogens with zero attached hydrogens (tertiary/aromatic N) is 1. The fourth-order valence-electron chi connectivity index (χ4n) is 2.16. The first kappa shape index (κ1) is 19.9. The van der Waals surface area contributed by atoms with Gasteiger partial charge in [0, 0.05) is 41.1 Å². The first-order valence-electron chi connectivity index (χ1n) is 7.44. The number of rotatable bonds is 7. The van der Waals surface area contributed by atoms with Crippen LogP contribution in [-0.2, 0) is 9.84 Å². The van der Waals surface area contributed by atoms with E-state index in [2.05, 4.69) is 26.6 Å². The average molecular weight is 442 g/mol. The molecule has 0 aliphatic carbocycles. The number of sulfone groups is 1. The second kappa shape index (κ2) is 8.28. The first-order chi connectivity index (χ1) is 12.2. The summed E-state index contributed by atoms with van der Waals surface area (Å²) in [6, 6.07) is 10.7. The zero-order valence-electron chi connectivity index (χ0n) is 13.7. The van der Waals surface area contributed by atoms with Gasteiger partial charge in [-0.05, 0) is 36.4 Å². The zero-order valence-corrected chi connectivity index (χ0v) is 16.1. The van der Waals surface area contributed by atoms with Crippen molar-refractivity contribution in [3.05, 3.63) is 62.6 Å². The van der Waals surface area contributed by atoms with Gasteiger partial charge in [-0.25, -0.2) is 8.42 Å². The van der Waals surface area contributed by atoms with Crippen LogP contribution in [0.3, 0.4) is 0 Å². The maximum absolute atomic E-state index is 12.0. The van der Waals surface area contributed by atoms with Gasteiger partial charge >= 0.3 is 0 Å². The summed E-state index contributed by atoms with van der Waals surface area (Å²) in [5, 5.41) is 16.6. The van der Waals surface area contributed by atoms with Gasteiger partial charge in [-0.3, -0.25) is 14.9 Å². The molecule has 10 heteroatoms. The number of amides is 1. The van der Waals surface area contributed by atoms with Crippen LogP contribution in [0.1, 0.15) is 10.4 Å². The van der Waals surface area contributed by atoms with Crippen LogP contribution in [0, 0.1) is 10.1 Å². The molecule has 0 saturated heterocycles. The molecule has 0 aromatic heterocycles. The number of hydrogen-bond donors (Lipinski definition) is 2. The van der Waals surface area contributed by atoms with Crippen molar-refractivity contribution in [3.8, 4) is 0 Å². The smallest absolute Gasteiger partial charge is 0.288 e. The second-order valence-electron chi connectivity index (χ2n) is 5.40. The fraction of sp³-hybridized carbons (Fsp3) is 0.188. The van der Waals surface area contributed by atoms with Gasteiger partial charge in [-0.1, -0.05) is 15.9 Å². The fourth-order valence-corrected chi connectivity index (χ4v) is 3.29. The van der Waals surface area contributed by atoms with Gasteiger partial charge in [0.1, 0.15) is 4.90 Å². The Kier molecular flexibility index (Phi) is 6.32. The van der Waals surface area contributed by atoms with E-state index < -0.39 is 20.4 Å². The third-order valence-electron chi connectivity index (χ3n) is 3.40. The predicted octanol–water partition coefficient (Wildman–Crippen LogP) is 2.60. The Morgan fingerprint density at radius 2 is 1.81 bits per heavy atom. The number of nitro groups is 1. The molecule has 0 saturated carbocycles. The van der Waals surface area contributed by atoms with Crippen molar-refractivity contribution < 1.29 is 18.1 Å². The lowest BCUT2D eigenvalue weighted by Crippen LogP contribution is -2.28. The topological polar surface area (TPSA) is 118 Å². The molecule has 0 atom stereocenters. The van der Waals surface area contributed by atoms with Crippen molar-refractivity contribution in [1.29, 1.82) is 0 Å². The van der Waals surface area contributed by atoms with Crippen LogP contribution in [0.2, 0.25) is 0 Å². The Bertz CT molecular complexity index is 929. The molecule has 1 amide bonds. The Morgan fingerprint density at radius 3 is 2.38 bits per heavy atom. The van der Waals surface area contributed by atoms with Crippen LogP contribution >= 0.6 is 15.9 Å². The Hall–Kier alpha value is -2.46. The average Bonchev–Trinajstić information content (AvgIpc) is 2.58. The summed E-state index contributed by atoms with van der Waals surface area (Å²) in [6.07, 6.45) is 0.914. The zero-order chi connectivity index (χ0) is 19.3. The number of carbonyl (C=O) groups is 1. The monoisotopic (exact) mass is 441 g/mol. The summed E-state index contributed by atoms with van der Waals surface area (Å²) in [5.74, 6) is -0.236. The lowest BCUT2D eigenvalue weighted by atomic mass is 10.2. The molecule has 8 nitrogen and oxygen atoms in total. The summed E-state index contributed by atoms with van der Waals surface area (Å²) in [6.45, 7) is 0.614. The van der Waals surface area contributed by atoms with E-state index in [1.165, 1.54) is 12.1 Å². The molecule has 0 fully saturated rings. The molecular formula is C16H16BrN3O5S. The van der Waals surface area contributed by atoms with Gasteiger partial charge in [0.05, 0.1) is 4.92 Å². The van der Waals surface area contributed by atoms with Crippen LogP contribution in [-0.4, -0.2) is 38.6 Å². The number of nitrogens with one attached hydrogen (secondary N) is 2. The minimum atomic E-state index is -3.74. The van der Waals surface area contributed by atoms with Gasteiger partial charge < -0.3 is 10.6 Å². The van der Waals surface area contributed by atoms with Crippen molar-refractivity contribution >= 4 is 43.0 Å². The number of nitro benzene ring substituents is 1. The lowest BCUT2D eigenvalue weighted by molar-refractivity contribution is -0.387. The SMILES string of the molecule is CS(=O)(=O)c1cc(NCCNC(=O)c2ccc(Br)cc2)ccc1[N+](=O)[O-]. The van der Waals surface area contributed by atoms with Crippen molar-refractivity contribution in [2.45, 2.75) is 4.90 Å². The van der Waals surface area contributed by atoms with E-state index in [9.17, 15) is 23.3 Å². The number of anilines is 1. The Morgan fingerprint density at radius 1 is 1.15 bits per heavy atom. The van der Waals surface area contributed by atoms with E-state index in [4.69, 9.17) is 0 Å². The number of carbonyl (C=O) groups excluding carboxylic acids is 1. The number of halogens is 1. The van der Waals surface area contributed by atoms with Crippen LogP contribution in [0.25, 0.3) is 0 Å². The molecule has 2 aromatic carbocycles. The summed E-state index contributed by atoms with van der Waals surface area (Å²) in [7, 11) is -3.74. The van der Waals surface area contributed by atoms with E-state index in [0.29, 0.717) is 24.3 Å².